The van der Waals surface area contributed by atoms with Crippen LogP contribution in [0.4, 0.5) is 4.79 Å². The fourth-order valence-electron chi connectivity index (χ4n) is 5.02. The van der Waals surface area contributed by atoms with Crippen LogP contribution in [0.2, 0.25) is 0 Å². The predicted octanol–water partition coefficient (Wildman–Crippen LogP) is 3.40. The Kier molecular flexibility index (Phi) is 10.5. The van der Waals surface area contributed by atoms with Gasteiger partial charge >= 0.3 is 18.0 Å². The number of benzene rings is 2. The highest BCUT2D eigenvalue weighted by molar-refractivity contribution is 5.95. The highest BCUT2D eigenvalue weighted by Crippen LogP contribution is 2.35. The van der Waals surface area contributed by atoms with E-state index < -0.39 is 30.2 Å². The van der Waals surface area contributed by atoms with Crippen LogP contribution in [0, 0.1) is 13.8 Å². The number of nitrogens with zero attached hydrogens (tertiary/aromatic N) is 2. The molecule has 2 aromatic carbocycles. The summed E-state index contributed by atoms with van der Waals surface area (Å²) in [4.78, 5) is 36.6. The number of carbonyl (C=O) groups is 3. The summed E-state index contributed by atoms with van der Waals surface area (Å²) in [5.74, 6) is -0.276. The smallest absolute Gasteiger partial charge is 0.337 e. The van der Waals surface area contributed by atoms with Gasteiger partial charge in [0.1, 0.15) is 6.61 Å². The molecule has 0 unspecified atom stereocenters. The summed E-state index contributed by atoms with van der Waals surface area (Å²) in [6.07, 6.45) is 0.435. The van der Waals surface area contributed by atoms with Crippen molar-refractivity contribution in [2.75, 3.05) is 27.4 Å². The number of aliphatic hydroxyl groups is 1. The van der Waals surface area contributed by atoms with E-state index in [4.69, 9.17) is 18.9 Å². The summed E-state index contributed by atoms with van der Waals surface area (Å²) in [7, 11) is 2.61. The molecule has 13 nitrogen and oxygen atoms in total. The van der Waals surface area contributed by atoms with Crippen molar-refractivity contribution < 1.29 is 38.4 Å². The van der Waals surface area contributed by atoms with E-state index >= 15 is 0 Å². The molecule has 0 bridgehead atoms. The van der Waals surface area contributed by atoms with E-state index in [9.17, 15) is 19.5 Å². The molecule has 0 spiro atoms. The molecule has 4 N–H and O–H groups in total. The van der Waals surface area contributed by atoms with Crippen LogP contribution in [-0.2, 0) is 14.3 Å². The van der Waals surface area contributed by atoms with Crippen LogP contribution in [0.3, 0.4) is 0 Å². The van der Waals surface area contributed by atoms with Gasteiger partial charge < -0.3 is 39.3 Å². The van der Waals surface area contributed by atoms with Gasteiger partial charge in [0.25, 0.3) is 0 Å². The number of amides is 2. The van der Waals surface area contributed by atoms with Crippen LogP contribution in [0.5, 0.6) is 11.5 Å². The third-order valence-corrected chi connectivity index (χ3v) is 7.10. The highest BCUT2D eigenvalue weighted by Gasteiger charge is 2.32. The van der Waals surface area contributed by atoms with Gasteiger partial charge in [0.2, 0.25) is 0 Å². The third kappa shape index (κ3) is 7.44. The molecular formula is C32H37N5O8. The number of hydrazone groups is 1. The lowest BCUT2D eigenvalue weighted by Gasteiger charge is -2.28. The van der Waals surface area contributed by atoms with Gasteiger partial charge in [-0.3, -0.25) is 5.43 Å². The topological polar surface area (TPSA) is 162 Å². The second-order valence-corrected chi connectivity index (χ2v) is 10.1. The first-order valence-electron chi connectivity index (χ1n) is 14.2. The number of carbonyl (C=O) groups excluding carboxylic acids is 3. The van der Waals surface area contributed by atoms with Gasteiger partial charge in [-0.15, -0.1) is 0 Å². The van der Waals surface area contributed by atoms with Crippen molar-refractivity contribution in [3.63, 3.8) is 0 Å². The normalized spacial score (nSPS) is 15.3. The SMILES string of the molecule is CCOc1cc([C@H]2NC(=O)NC(C)=C2C(=O)OC)ccc1OC[C@H](O)N/N=C\c1cc(C)n(-c2cccc(C(=O)OC)c2)c1C. The van der Waals surface area contributed by atoms with Crippen molar-refractivity contribution in [2.24, 2.45) is 5.10 Å². The van der Waals surface area contributed by atoms with Crippen LogP contribution in [-0.4, -0.2) is 67.5 Å². The van der Waals surface area contributed by atoms with Crippen LogP contribution in [0.25, 0.3) is 5.69 Å². The Labute approximate surface area is 260 Å². The number of allylic oxidation sites excluding steroid dienone is 1. The number of hydrogen-bond acceptors (Lipinski definition) is 10. The fraction of sp³-hybridized carbons (Fsp3) is 0.312. The average molecular weight is 620 g/mol. The number of hydrogen-bond donors (Lipinski definition) is 4. The molecule has 0 saturated carbocycles. The van der Waals surface area contributed by atoms with Crippen molar-refractivity contribution in [2.45, 2.75) is 40.0 Å². The molecule has 1 aliphatic heterocycles. The lowest BCUT2D eigenvalue weighted by atomic mass is 9.95. The Balaban J connectivity index is 1.43. The number of ether oxygens (including phenoxy) is 4. The average Bonchev–Trinajstić information content (AvgIpc) is 3.31. The quantitative estimate of drug-likeness (QED) is 0.103. The van der Waals surface area contributed by atoms with Gasteiger partial charge in [0.15, 0.2) is 17.7 Å². The second kappa shape index (κ2) is 14.4. The van der Waals surface area contributed by atoms with Gasteiger partial charge in [-0.25, -0.2) is 14.4 Å². The van der Waals surface area contributed by atoms with E-state index in [0.717, 1.165) is 22.6 Å². The minimum atomic E-state index is -1.16. The van der Waals surface area contributed by atoms with Crippen LogP contribution >= 0.6 is 0 Å². The molecule has 2 atom stereocenters. The van der Waals surface area contributed by atoms with Crippen LogP contribution < -0.4 is 25.5 Å². The van der Waals surface area contributed by atoms with Crippen molar-refractivity contribution in [3.05, 3.63) is 87.9 Å². The molecule has 3 aromatic rings. The molecule has 1 aromatic heterocycles. The maximum Gasteiger partial charge on any atom is 0.337 e. The Hall–Kier alpha value is -5.30. The number of aromatic nitrogens is 1. The van der Waals surface area contributed by atoms with Gasteiger partial charge in [0.05, 0.1) is 44.2 Å². The highest BCUT2D eigenvalue weighted by atomic mass is 16.5. The molecule has 2 heterocycles. The van der Waals surface area contributed by atoms with Crippen molar-refractivity contribution >= 4 is 24.2 Å². The minimum Gasteiger partial charge on any atom is -0.490 e. The third-order valence-electron chi connectivity index (χ3n) is 7.10. The zero-order valence-corrected chi connectivity index (χ0v) is 26.0. The molecule has 0 aliphatic carbocycles. The summed E-state index contributed by atoms with van der Waals surface area (Å²) in [6.45, 7) is 7.47. The monoisotopic (exact) mass is 619 g/mol. The molecule has 2 amide bonds. The first-order valence-corrected chi connectivity index (χ1v) is 14.2. The Morgan fingerprint density at radius 1 is 1.04 bits per heavy atom. The van der Waals surface area contributed by atoms with Gasteiger partial charge in [-0.05, 0) is 69.7 Å². The van der Waals surface area contributed by atoms with E-state index in [2.05, 4.69) is 21.2 Å². The Morgan fingerprint density at radius 3 is 2.51 bits per heavy atom. The predicted molar refractivity (Wildman–Crippen MR) is 166 cm³/mol. The van der Waals surface area contributed by atoms with E-state index in [1.165, 1.54) is 14.2 Å². The number of rotatable bonds is 12. The van der Waals surface area contributed by atoms with Gasteiger partial charge in [-0.2, -0.15) is 5.10 Å². The molecule has 13 heteroatoms. The minimum absolute atomic E-state index is 0.160. The summed E-state index contributed by atoms with van der Waals surface area (Å²) in [5.41, 5.74) is 7.77. The molecular weight excluding hydrogens is 582 g/mol. The van der Waals surface area contributed by atoms with Crippen molar-refractivity contribution in [1.82, 2.24) is 20.6 Å². The zero-order chi connectivity index (χ0) is 32.7. The first kappa shape index (κ1) is 32.6. The maximum absolute atomic E-state index is 12.5. The largest absolute Gasteiger partial charge is 0.490 e. The van der Waals surface area contributed by atoms with Gasteiger partial charge in [-0.1, -0.05) is 12.1 Å². The van der Waals surface area contributed by atoms with Crippen molar-refractivity contribution in [3.8, 4) is 17.2 Å². The molecule has 1 aliphatic rings. The first-order chi connectivity index (χ1) is 21.6. The van der Waals surface area contributed by atoms with Crippen LogP contribution in [0.1, 0.15) is 52.8 Å². The van der Waals surface area contributed by atoms with E-state index in [1.54, 1.807) is 49.5 Å². The van der Waals surface area contributed by atoms with E-state index in [0.29, 0.717) is 34.9 Å². The molecule has 4 rings (SSSR count). The summed E-state index contributed by atoms with van der Waals surface area (Å²) < 4.78 is 23.3. The van der Waals surface area contributed by atoms with Crippen LogP contribution in [0.15, 0.2) is 64.9 Å². The Bertz CT molecular complexity index is 1640. The zero-order valence-electron chi connectivity index (χ0n) is 26.0. The lowest BCUT2D eigenvalue weighted by Crippen LogP contribution is -2.45. The molecule has 238 valence electrons. The lowest BCUT2D eigenvalue weighted by molar-refractivity contribution is -0.136. The number of aryl methyl sites for hydroxylation is 1. The van der Waals surface area contributed by atoms with Crippen molar-refractivity contribution in [1.29, 1.82) is 0 Å². The summed E-state index contributed by atoms with van der Waals surface area (Å²) in [6, 6.07) is 12.9. The Morgan fingerprint density at radius 2 is 1.80 bits per heavy atom. The summed E-state index contributed by atoms with van der Waals surface area (Å²) >= 11 is 0. The summed E-state index contributed by atoms with van der Waals surface area (Å²) in [5, 5.41) is 20.0. The molecule has 45 heavy (non-hydrogen) atoms. The fourth-order valence-corrected chi connectivity index (χ4v) is 5.02. The number of esters is 2. The van der Waals surface area contributed by atoms with Gasteiger partial charge in [0, 0.05) is 28.3 Å². The standard InChI is InChI=1S/C32H37N5O8/c1-7-44-26-15-21(29-28(31(40)43-6)19(3)34-32(41)35-29)11-12-25(26)45-17-27(38)36-33-16-23-13-18(2)37(20(23)4)24-10-8-9-22(14-24)30(39)42-5/h8-16,27,29,36,38H,7,17H2,1-6H3,(H2,34,35,41)/b33-16-/t27-,29+/m0/s1. The van der Waals surface area contributed by atoms with E-state index in [1.807, 2.05) is 37.5 Å². The molecule has 0 radical (unpaired) electrons. The second-order valence-electron chi connectivity index (χ2n) is 10.1. The molecule has 0 fully saturated rings. The molecule has 0 saturated heterocycles. The van der Waals surface area contributed by atoms with E-state index in [-0.39, 0.29) is 12.2 Å². The number of methoxy groups -OCH3 is 2. The maximum atomic E-state index is 12.5. The number of urea groups is 1. The number of aliphatic hydroxyl groups excluding tert-OH is 1. The number of nitrogens with one attached hydrogen (secondary N) is 3.